The van der Waals surface area contributed by atoms with Crippen molar-refractivity contribution in [2.24, 2.45) is 0 Å². The molecule has 46 heavy (non-hydrogen) atoms. The summed E-state index contributed by atoms with van der Waals surface area (Å²) in [6.07, 6.45) is 42.1. The van der Waals surface area contributed by atoms with Crippen LogP contribution in [0.1, 0.15) is 192 Å². The van der Waals surface area contributed by atoms with Gasteiger partial charge in [-0.25, -0.2) is 0 Å². The largest absolute Gasteiger partial charge is 0.134 e. The lowest BCUT2D eigenvalue weighted by molar-refractivity contribution is 0.514. The van der Waals surface area contributed by atoms with Gasteiger partial charge in [0, 0.05) is 20.2 Å². The fourth-order valence-corrected chi connectivity index (χ4v) is 10.1. The van der Waals surface area contributed by atoms with E-state index in [2.05, 4.69) is 49.4 Å². The molecule has 0 spiro atoms. The third-order valence-electron chi connectivity index (χ3n) is 10.4. The third-order valence-corrected chi connectivity index (χ3v) is 12.9. The Morgan fingerprint density at radius 1 is 0.370 bits per heavy atom. The van der Waals surface area contributed by atoms with E-state index < -0.39 is 0 Å². The Labute approximate surface area is 292 Å². The maximum atomic E-state index is 2.47. The number of fused-ring (bicyclic) bond motifs is 5. The summed E-state index contributed by atoms with van der Waals surface area (Å²) in [6, 6.07) is 16.1. The van der Waals surface area contributed by atoms with Crippen molar-refractivity contribution >= 4 is 52.2 Å². The summed E-state index contributed by atoms with van der Waals surface area (Å²) in [7, 11) is 0. The molecule has 0 radical (unpaired) electrons. The number of aryl methyl sites for hydroxylation is 1. The van der Waals surface area contributed by atoms with Gasteiger partial charge in [-0.1, -0.05) is 211 Å². The maximum Gasteiger partial charge on any atom is 0.0542 e. The van der Waals surface area contributed by atoms with Gasteiger partial charge in [0.15, 0.2) is 0 Å². The molecule has 0 aliphatic heterocycles. The number of unbranched alkanes of at least 4 members (excludes halogenated alkanes) is 27. The van der Waals surface area contributed by atoms with Gasteiger partial charge in [0.25, 0.3) is 0 Å². The number of hydrogen-bond acceptors (Lipinski definition) is 2. The molecule has 0 N–H and O–H groups in total. The van der Waals surface area contributed by atoms with Crippen LogP contribution in [0.2, 0.25) is 0 Å². The topological polar surface area (TPSA) is 0 Å². The Morgan fingerprint density at radius 2 is 0.739 bits per heavy atom. The highest BCUT2D eigenvalue weighted by Gasteiger charge is 2.12. The maximum absolute atomic E-state index is 2.47. The van der Waals surface area contributed by atoms with Crippen LogP contribution in [-0.4, -0.2) is 0 Å². The van der Waals surface area contributed by atoms with Gasteiger partial charge in [0.2, 0.25) is 0 Å². The summed E-state index contributed by atoms with van der Waals surface area (Å²) in [5, 5.41) is 2.89. The van der Waals surface area contributed by atoms with E-state index >= 15 is 0 Å². The molecule has 2 heteroatoms. The van der Waals surface area contributed by atoms with Crippen LogP contribution in [0, 0.1) is 0 Å². The Balaban J connectivity index is 0.857. The Kier molecular flexibility index (Phi) is 19.4. The van der Waals surface area contributed by atoms with E-state index in [4.69, 9.17) is 0 Å². The highest BCUT2D eigenvalue weighted by molar-refractivity contribution is 7.36. The molecule has 0 aliphatic rings. The molecule has 0 amide bonds. The highest BCUT2D eigenvalue weighted by atomic mass is 32.1. The molecule has 0 unspecified atom stereocenters. The van der Waals surface area contributed by atoms with E-state index in [1.165, 1.54) is 221 Å². The van der Waals surface area contributed by atoms with Crippen molar-refractivity contribution in [1.82, 2.24) is 0 Å². The van der Waals surface area contributed by atoms with E-state index in [9.17, 15) is 0 Å². The zero-order chi connectivity index (χ0) is 31.9. The first-order chi connectivity index (χ1) is 22.9. The van der Waals surface area contributed by atoms with Crippen LogP contribution in [0.4, 0.5) is 0 Å². The van der Waals surface area contributed by atoms with Crippen LogP contribution < -0.4 is 0 Å². The van der Waals surface area contributed by atoms with Crippen LogP contribution in [0.15, 0.2) is 42.5 Å². The predicted molar refractivity (Wildman–Crippen MR) is 213 cm³/mol. The smallest absolute Gasteiger partial charge is 0.0542 e. The zero-order valence-corrected chi connectivity index (χ0v) is 31.5. The average Bonchev–Trinajstić information content (AvgIpc) is 3.62. The minimum absolute atomic E-state index is 1.24. The van der Waals surface area contributed by atoms with Crippen molar-refractivity contribution in [1.29, 1.82) is 0 Å². The molecule has 0 bridgehead atoms. The summed E-state index contributed by atoms with van der Waals surface area (Å²) in [6.45, 7) is 2.31. The van der Waals surface area contributed by atoms with Crippen molar-refractivity contribution in [3.05, 3.63) is 48.0 Å². The number of benzene rings is 2. The standard InChI is InChI=1S/C44H68S2/c1-2-3-4-5-6-7-8-9-10-11-12-13-14-15-16-17-18-19-20-21-22-23-24-25-26-27-28-29-32-38-35-36-40-42(37-38)46-43-39-33-30-31-34-41(39)45-44(40)43/h30-31,33-37H,2-29,32H2,1H3. The molecular formula is C44H68S2. The summed E-state index contributed by atoms with van der Waals surface area (Å²) >= 11 is 3.95. The minimum Gasteiger partial charge on any atom is -0.134 e. The fourth-order valence-electron chi connectivity index (χ4n) is 7.40. The van der Waals surface area contributed by atoms with Crippen LogP contribution in [0.5, 0.6) is 0 Å². The molecule has 4 aromatic rings. The second kappa shape index (κ2) is 23.9. The van der Waals surface area contributed by atoms with E-state index in [-0.39, 0.29) is 0 Å². The highest BCUT2D eigenvalue weighted by Crippen LogP contribution is 2.44. The van der Waals surface area contributed by atoms with Gasteiger partial charge >= 0.3 is 0 Å². The molecule has 0 nitrogen and oxygen atoms in total. The van der Waals surface area contributed by atoms with E-state index in [0.717, 1.165) is 0 Å². The van der Waals surface area contributed by atoms with Crippen LogP contribution >= 0.6 is 22.7 Å². The van der Waals surface area contributed by atoms with Gasteiger partial charge < -0.3 is 0 Å². The normalized spacial score (nSPS) is 11.9. The molecule has 0 fully saturated rings. The van der Waals surface area contributed by atoms with Gasteiger partial charge in [0.1, 0.15) is 0 Å². The summed E-state index contributed by atoms with van der Waals surface area (Å²) in [4.78, 5) is 0. The molecule has 2 heterocycles. The van der Waals surface area contributed by atoms with Crippen molar-refractivity contribution in [2.45, 2.75) is 193 Å². The molecular weight excluding hydrogens is 593 g/mol. The number of thiophene rings is 2. The van der Waals surface area contributed by atoms with E-state index in [1.807, 2.05) is 22.7 Å². The van der Waals surface area contributed by atoms with Crippen molar-refractivity contribution in [3.63, 3.8) is 0 Å². The predicted octanol–water partition coefficient (Wildman–Crippen LogP) is 16.8. The Bertz CT molecular complexity index is 1310. The Morgan fingerprint density at radius 3 is 1.20 bits per heavy atom. The van der Waals surface area contributed by atoms with Gasteiger partial charge in [-0.15, -0.1) is 22.7 Å². The molecule has 256 valence electrons. The lowest BCUT2D eigenvalue weighted by Gasteiger charge is -2.05. The lowest BCUT2D eigenvalue weighted by Crippen LogP contribution is -1.86. The van der Waals surface area contributed by atoms with Crippen LogP contribution in [0.3, 0.4) is 0 Å². The van der Waals surface area contributed by atoms with Crippen molar-refractivity contribution in [2.75, 3.05) is 0 Å². The number of rotatable bonds is 29. The van der Waals surface area contributed by atoms with Gasteiger partial charge in [-0.2, -0.15) is 0 Å². The molecule has 4 rings (SSSR count). The molecule has 0 saturated carbocycles. The zero-order valence-electron chi connectivity index (χ0n) is 29.9. The quantitative estimate of drug-likeness (QED) is 0.0508. The van der Waals surface area contributed by atoms with Gasteiger partial charge in [-0.05, 0) is 30.5 Å². The molecule has 0 atom stereocenters. The fraction of sp³-hybridized carbons (Fsp3) is 0.682. The minimum atomic E-state index is 1.24. The summed E-state index contributed by atoms with van der Waals surface area (Å²) in [5.74, 6) is 0. The first-order valence-corrected chi connectivity index (χ1v) is 21.8. The van der Waals surface area contributed by atoms with Crippen molar-refractivity contribution < 1.29 is 0 Å². The van der Waals surface area contributed by atoms with Gasteiger partial charge in [-0.3, -0.25) is 0 Å². The average molecular weight is 661 g/mol. The molecule has 2 aromatic carbocycles. The van der Waals surface area contributed by atoms with Crippen LogP contribution in [0.25, 0.3) is 29.6 Å². The molecule has 2 aromatic heterocycles. The second-order valence-electron chi connectivity index (χ2n) is 14.5. The second-order valence-corrected chi connectivity index (χ2v) is 16.6. The first-order valence-electron chi connectivity index (χ1n) is 20.2. The third kappa shape index (κ3) is 14.0. The SMILES string of the molecule is CCCCCCCCCCCCCCCCCCCCCCCCCCCCCCc1ccc2c(c1)sc1c3ccccc3sc21. The molecule has 0 aliphatic carbocycles. The van der Waals surface area contributed by atoms with Gasteiger partial charge in [0.05, 0.1) is 9.40 Å². The van der Waals surface area contributed by atoms with Crippen LogP contribution in [-0.2, 0) is 6.42 Å². The summed E-state index contributed by atoms with van der Waals surface area (Å²) < 4.78 is 5.87. The lowest BCUT2D eigenvalue weighted by atomic mass is 10.0. The first kappa shape index (κ1) is 37.4. The van der Waals surface area contributed by atoms with Crippen molar-refractivity contribution in [3.8, 4) is 0 Å². The summed E-state index contributed by atoms with van der Waals surface area (Å²) in [5.41, 5.74) is 1.53. The van der Waals surface area contributed by atoms with E-state index in [0.29, 0.717) is 0 Å². The number of hydrogen-bond donors (Lipinski definition) is 0. The monoisotopic (exact) mass is 660 g/mol. The Hall–Kier alpha value is -1.38. The molecule has 0 saturated heterocycles. The van der Waals surface area contributed by atoms with E-state index in [1.54, 1.807) is 0 Å².